The van der Waals surface area contributed by atoms with Gasteiger partial charge in [-0.05, 0) is 50.1 Å². The van der Waals surface area contributed by atoms with Gasteiger partial charge in [0.05, 0.1) is 6.33 Å². The number of anilines is 1. The molecule has 0 aliphatic heterocycles. The van der Waals surface area contributed by atoms with Crippen molar-refractivity contribution >= 4 is 17.0 Å². The summed E-state index contributed by atoms with van der Waals surface area (Å²) >= 11 is 0. The number of fused-ring (bicyclic) bond motifs is 1. The highest BCUT2D eigenvalue weighted by Crippen LogP contribution is 2.25. The Kier molecular flexibility index (Phi) is 5.26. The molecular formula is C22H21N7O. The monoisotopic (exact) mass is 399 g/mol. The third kappa shape index (κ3) is 3.91. The number of hydrogen-bond donors (Lipinski definition) is 2. The van der Waals surface area contributed by atoms with Crippen LogP contribution in [0.5, 0.6) is 5.75 Å². The van der Waals surface area contributed by atoms with Gasteiger partial charge in [0, 0.05) is 24.3 Å². The Hall–Kier alpha value is -3.99. The van der Waals surface area contributed by atoms with E-state index in [0.717, 1.165) is 23.2 Å². The zero-order valence-corrected chi connectivity index (χ0v) is 16.7. The molecule has 0 bridgehead atoms. The van der Waals surface area contributed by atoms with Gasteiger partial charge in [-0.15, -0.1) is 0 Å². The molecule has 1 aromatic carbocycles. The molecule has 0 spiro atoms. The lowest BCUT2D eigenvalue weighted by atomic mass is 10.1. The summed E-state index contributed by atoms with van der Waals surface area (Å²) in [5.41, 5.74) is 3.63. The second-order valence-corrected chi connectivity index (χ2v) is 7.20. The molecule has 150 valence electrons. The number of aromatic hydroxyl groups is 1. The number of rotatable bonds is 6. The third-order valence-electron chi connectivity index (χ3n) is 4.76. The van der Waals surface area contributed by atoms with E-state index in [-0.39, 0.29) is 11.8 Å². The summed E-state index contributed by atoms with van der Waals surface area (Å²) < 4.78 is 2.00. The molecule has 4 rings (SSSR count). The molecule has 0 aliphatic carbocycles. The summed E-state index contributed by atoms with van der Waals surface area (Å²) in [4.78, 5) is 18.1. The Morgan fingerprint density at radius 1 is 1.10 bits per heavy atom. The van der Waals surface area contributed by atoms with Crippen molar-refractivity contribution in [1.29, 1.82) is 5.26 Å². The molecule has 0 atom stereocenters. The lowest BCUT2D eigenvalue weighted by molar-refractivity contribution is 0.475. The predicted molar refractivity (Wildman–Crippen MR) is 114 cm³/mol. The van der Waals surface area contributed by atoms with E-state index < -0.39 is 0 Å². The second-order valence-electron chi connectivity index (χ2n) is 7.20. The minimum absolute atomic E-state index is 0.196. The molecule has 0 saturated carbocycles. The number of benzene rings is 1. The van der Waals surface area contributed by atoms with Crippen LogP contribution >= 0.6 is 0 Å². The average Bonchev–Trinajstić information content (AvgIpc) is 3.20. The van der Waals surface area contributed by atoms with Crippen molar-refractivity contribution < 1.29 is 5.11 Å². The number of nitrogens with zero attached hydrogens (tertiary/aromatic N) is 6. The normalized spacial score (nSPS) is 11.0. The van der Waals surface area contributed by atoms with Crippen molar-refractivity contribution in [3.05, 3.63) is 60.2 Å². The van der Waals surface area contributed by atoms with Crippen LogP contribution in [0.3, 0.4) is 0 Å². The van der Waals surface area contributed by atoms with E-state index in [1.807, 2.05) is 22.8 Å². The molecule has 0 saturated heterocycles. The fraction of sp³-hybridized carbons (Fsp3) is 0.227. The van der Waals surface area contributed by atoms with E-state index in [9.17, 15) is 5.11 Å². The van der Waals surface area contributed by atoms with Gasteiger partial charge in [-0.3, -0.25) is 0 Å². The van der Waals surface area contributed by atoms with Gasteiger partial charge in [0.15, 0.2) is 17.3 Å². The smallest absolute Gasteiger partial charge is 0.166 e. The van der Waals surface area contributed by atoms with Crippen molar-refractivity contribution in [2.45, 2.75) is 26.3 Å². The maximum absolute atomic E-state index is 9.43. The van der Waals surface area contributed by atoms with E-state index in [2.05, 4.69) is 34.1 Å². The topological polar surface area (TPSA) is 113 Å². The maximum atomic E-state index is 9.43. The largest absolute Gasteiger partial charge is 0.508 e. The van der Waals surface area contributed by atoms with E-state index in [0.29, 0.717) is 29.4 Å². The van der Waals surface area contributed by atoms with Gasteiger partial charge < -0.3 is 15.0 Å². The lowest BCUT2D eigenvalue weighted by Gasteiger charge is -2.11. The molecule has 3 aromatic heterocycles. The number of phenols is 1. The SMILES string of the molecule is CC(C)n1cnc2c(NCCc3ccc(O)cc3)nc(-c3ccc(C#N)nc3)nc21. The maximum Gasteiger partial charge on any atom is 0.166 e. The van der Waals surface area contributed by atoms with Gasteiger partial charge in [-0.25, -0.2) is 19.9 Å². The van der Waals surface area contributed by atoms with Crippen LogP contribution in [0.2, 0.25) is 0 Å². The van der Waals surface area contributed by atoms with Gasteiger partial charge in [-0.2, -0.15) is 5.26 Å². The molecule has 0 unspecified atom stereocenters. The average molecular weight is 399 g/mol. The molecule has 3 heterocycles. The quantitative estimate of drug-likeness (QED) is 0.508. The fourth-order valence-corrected chi connectivity index (χ4v) is 3.13. The predicted octanol–water partition coefficient (Wildman–Crippen LogP) is 3.70. The highest BCUT2D eigenvalue weighted by Gasteiger charge is 2.16. The van der Waals surface area contributed by atoms with Gasteiger partial charge in [0.2, 0.25) is 0 Å². The van der Waals surface area contributed by atoms with Crippen LogP contribution in [0.25, 0.3) is 22.6 Å². The minimum atomic E-state index is 0.196. The van der Waals surface area contributed by atoms with E-state index in [1.165, 1.54) is 0 Å². The first-order chi connectivity index (χ1) is 14.5. The first kappa shape index (κ1) is 19.3. The van der Waals surface area contributed by atoms with Crippen molar-refractivity contribution in [3.8, 4) is 23.2 Å². The van der Waals surface area contributed by atoms with Crippen LogP contribution in [-0.2, 0) is 6.42 Å². The van der Waals surface area contributed by atoms with Crippen molar-refractivity contribution in [1.82, 2.24) is 24.5 Å². The number of aromatic nitrogens is 5. The molecule has 0 fully saturated rings. The van der Waals surface area contributed by atoms with Crippen molar-refractivity contribution in [3.63, 3.8) is 0 Å². The van der Waals surface area contributed by atoms with Gasteiger partial charge in [-0.1, -0.05) is 12.1 Å². The van der Waals surface area contributed by atoms with Crippen LogP contribution in [0.1, 0.15) is 31.1 Å². The lowest BCUT2D eigenvalue weighted by Crippen LogP contribution is -2.09. The molecule has 0 aliphatic rings. The molecular weight excluding hydrogens is 378 g/mol. The Labute approximate surface area is 173 Å². The van der Waals surface area contributed by atoms with Crippen LogP contribution in [0, 0.1) is 11.3 Å². The number of imidazole rings is 1. The molecule has 0 amide bonds. The van der Waals surface area contributed by atoms with Crippen LogP contribution in [0.4, 0.5) is 5.82 Å². The number of nitriles is 1. The van der Waals surface area contributed by atoms with Gasteiger partial charge >= 0.3 is 0 Å². The molecule has 8 heteroatoms. The number of hydrogen-bond acceptors (Lipinski definition) is 7. The first-order valence-electron chi connectivity index (χ1n) is 9.68. The summed E-state index contributed by atoms with van der Waals surface area (Å²) in [6.07, 6.45) is 4.15. The Morgan fingerprint density at radius 2 is 1.90 bits per heavy atom. The highest BCUT2D eigenvalue weighted by molar-refractivity contribution is 5.85. The molecule has 0 radical (unpaired) electrons. The summed E-state index contributed by atoms with van der Waals surface area (Å²) in [6.45, 7) is 4.80. The summed E-state index contributed by atoms with van der Waals surface area (Å²) in [5.74, 6) is 1.43. The van der Waals surface area contributed by atoms with E-state index >= 15 is 0 Å². The zero-order chi connectivity index (χ0) is 21.1. The minimum Gasteiger partial charge on any atom is -0.508 e. The van der Waals surface area contributed by atoms with Gasteiger partial charge in [0.25, 0.3) is 0 Å². The highest BCUT2D eigenvalue weighted by atomic mass is 16.3. The summed E-state index contributed by atoms with van der Waals surface area (Å²) in [5, 5.41) is 21.8. The number of phenolic OH excluding ortho intramolecular Hbond substituents is 1. The molecule has 8 nitrogen and oxygen atoms in total. The third-order valence-corrected chi connectivity index (χ3v) is 4.76. The standard InChI is InChI=1S/C22H21N7O/c1-14(2)29-13-26-19-21(24-10-9-15-3-7-18(30)8-4-15)27-20(28-22(19)29)16-5-6-17(11-23)25-12-16/h3-8,12-14,30H,9-10H2,1-2H3,(H,24,27,28). The molecule has 2 N–H and O–H groups in total. The summed E-state index contributed by atoms with van der Waals surface area (Å²) in [6, 6.07) is 12.8. The second kappa shape index (κ2) is 8.17. The Balaban J connectivity index is 1.67. The van der Waals surface area contributed by atoms with Crippen LogP contribution in [0.15, 0.2) is 48.9 Å². The Morgan fingerprint density at radius 3 is 2.57 bits per heavy atom. The van der Waals surface area contributed by atoms with E-state index in [1.54, 1.807) is 36.8 Å². The van der Waals surface area contributed by atoms with Crippen LogP contribution < -0.4 is 5.32 Å². The van der Waals surface area contributed by atoms with E-state index in [4.69, 9.17) is 10.2 Å². The van der Waals surface area contributed by atoms with Crippen molar-refractivity contribution in [2.75, 3.05) is 11.9 Å². The van der Waals surface area contributed by atoms with Crippen LogP contribution in [-0.4, -0.2) is 36.2 Å². The first-order valence-corrected chi connectivity index (χ1v) is 9.68. The Bertz CT molecular complexity index is 1210. The summed E-state index contributed by atoms with van der Waals surface area (Å²) in [7, 11) is 0. The number of nitrogens with one attached hydrogen (secondary N) is 1. The molecule has 30 heavy (non-hydrogen) atoms. The fourth-order valence-electron chi connectivity index (χ4n) is 3.13. The number of pyridine rings is 1. The van der Waals surface area contributed by atoms with Gasteiger partial charge in [0.1, 0.15) is 23.0 Å². The van der Waals surface area contributed by atoms with Crippen molar-refractivity contribution in [2.24, 2.45) is 0 Å². The molecule has 4 aromatic rings. The zero-order valence-electron chi connectivity index (χ0n) is 16.7.